The van der Waals surface area contributed by atoms with Gasteiger partial charge in [0.05, 0.1) is 64.8 Å². The molecule has 4 aromatic rings. The van der Waals surface area contributed by atoms with E-state index in [1.54, 1.807) is 10.8 Å². The number of aromatic nitrogens is 7. The van der Waals surface area contributed by atoms with Crippen molar-refractivity contribution in [1.82, 2.24) is 39.0 Å². The molecule has 1 N–H and O–H groups in total. The van der Waals surface area contributed by atoms with Crippen molar-refractivity contribution in [2.45, 2.75) is 53.8 Å². The number of ether oxygens (including phenoxy) is 1. The molecule has 38 heavy (non-hydrogen) atoms. The zero-order chi connectivity index (χ0) is 27.7. The van der Waals surface area contributed by atoms with Gasteiger partial charge in [-0.1, -0.05) is 6.58 Å². The first-order chi connectivity index (χ1) is 18.1. The molecule has 0 aliphatic carbocycles. The van der Waals surface area contributed by atoms with Crippen LogP contribution in [0.4, 0.5) is 0 Å². The van der Waals surface area contributed by atoms with Gasteiger partial charge in [0.25, 0.3) is 0 Å². The Labute approximate surface area is 238 Å². The molecule has 0 aliphatic rings. The van der Waals surface area contributed by atoms with Crippen molar-refractivity contribution in [2.24, 2.45) is 7.05 Å². The third kappa shape index (κ3) is 5.52. The minimum absolute atomic E-state index is 0.0618. The van der Waals surface area contributed by atoms with E-state index >= 15 is 0 Å². The molecular weight excluding hydrogens is 614 g/mol. The Kier molecular flexibility index (Phi) is 8.91. The van der Waals surface area contributed by atoms with Gasteiger partial charge in [-0.15, -0.1) is 0 Å². The van der Waals surface area contributed by atoms with E-state index in [4.69, 9.17) is 14.8 Å². The number of aliphatic hydroxyl groups is 1. The molecule has 4 rings (SSSR count). The predicted octanol–water partition coefficient (Wildman–Crippen LogP) is 4.59. The number of fused-ring (bicyclic) bond motifs is 1. The summed E-state index contributed by atoms with van der Waals surface area (Å²) in [6.45, 7) is 16.1. The van der Waals surface area contributed by atoms with Crippen LogP contribution in [0.2, 0.25) is 0 Å². The second kappa shape index (κ2) is 11.8. The number of hydrogen-bond donors (Lipinski definition) is 1. The number of nitrogens with zero attached hydrogens (tertiary/aromatic N) is 8. The Morgan fingerprint density at radius 3 is 2.58 bits per heavy atom. The summed E-state index contributed by atoms with van der Waals surface area (Å²) in [6.07, 6.45) is 2.15. The van der Waals surface area contributed by atoms with Gasteiger partial charge in [0.2, 0.25) is 5.88 Å². The quantitative estimate of drug-likeness (QED) is 0.187. The highest BCUT2D eigenvalue weighted by Gasteiger charge is 2.23. The number of pyridine rings is 1. The van der Waals surface area contributed by atoms with Gasteiger partial charge in [-0.05, 0) is 81.4 Å². The van der Waals surface area contributed by atoms with Crippen molar-refractivity contribution in [2.75, 3.05) is 20.2 Å². The van der Waals surface area contributed by atoms with Gasteiger partial charge in [0, 0.05) is 25.5 Å². The molecule has 4 heterocycles. The Morgan fingerprint density at radius 2 is 1.92 bits per heavy atom. The number of aryl methyl sites for hydroxylation is 4. The monoisotopic (exact) mass is 650 g/mol. The first-order valence-corrected chi connectivity index (χ1v) is 16.6. The summed E-state index contributed by atoms with van der Waals surface area (Å²) in [4.78, 5) is 7.18. The highest BCUT2D eigenvalue weighted by Crippen LogP contribution is 2.38. The number of hydrogen-bond acceptors (Lipinski definition) is 7. The number of rotatable bonds is 11. The second-order valence-corrected chi connectivity index (χ2v) is 11.7. The van der Waals surface area contributed by atoms with Crippen molar-refractivity contribution in [3.63, 3.8) is 0 Å². The smallest absolute Gasteiger partial charge is 0.221 e. The minimum Gasteiger partial charge on any atom is -0.473 e. The van der Waals surface area contributed by atoms with Crippen molar-refractivity contribution in [3.05, 3.63) is 46.7 Å². The maximum Gasteiger partial charge on any atom is 0.221 e. The van der Waals surface area contributed by atoms with Gasteiger partial charge in [0.15, 0.2) is 0 Å². The van der Waals surface area contributed by atoms with Crippen molar-refractivity contribution in [1.29, 1.82) is 0 Å². The first kappa shape index (κ1) is 28.7. The average molecular weight is 651 g/mol. The fourth-order valence-electron chi connectivity index (χ4n) is 4.93. The third-order valence-corrected chi connectivity index (χ3v) is 8.59. The zero-order valence-electron chi connectivity index (χ0n) is 23.1. The molecule has 4 aromatic heterocycles. The lowest BCUT2D eigenvalue weighted by Crippen LogP contribution is -2.32. The predicted molar refractivity (Wildman–Crippen MR) is 162 cm³/mol. The first-order valence-electron chi connectivity index (χ1n) is 12.5. The van der Waals surface area contributed by atoms with Crippen LogP contribution in [0.5, 0.6) is 5.88 Å². The lowest BCUT2D eigenvalue weighted by atomic mass is 10.1. The second-order valence-electron chi connectivity index (χ2n) is 9.69. The molecule has 0 aliphatic heterocycles. The maximum absolute atomic E-state index is 9.44. The van der Waals surface area contributed by atoms with Gasteiger partial charge >= 0.3 is 0 Å². The molecule has 0 saturated heterocycles. The minimum atomic E-state index is -0.110. The van der Waals surface area contributed by atoms with Crippen LogP contribution in [0.1, 0.15) is 41.0 Å². The van der Waals surface area contributed by atoms with Crippen LogP contribution in [0.3, 0.4) is 0 Å². The summed E-state index contributed by atoms with van der Waals surface area (Å²) < 4.78 is 12.2. The van der Waals surface area contributed by atoms with Gasteiger partial charge < -0.3 is 9.84 Å². The van der Waals surface area contributed by atoms with Gasteiger partial charge in [0.1, 0.15) is 6.10 Å². The SMILES string of the molecule is C=Cc1nn(PI)c2c(C)nc(-c3c(C)nn(C)c3OC(C)CN(C)Cc3c(C)c(C)nn3CCO)cc12. The average Bonchev–Trinajstić information content (AvgIpc) is 3.45. The van der Waals surface area contributed by atoms with E-state index in [2.05, 4.69) is 70.7 Å². The van der Waals surface area contributed by atoms with Gasteiger partial charge in [-0.3, -0.25) is 14.6 Å². The van der Waals surface area contributed by atoms with Crippen molar-refractivity contribution in [3.8, 4) is 17.1 Å². The molecule has 0 bridgehead atoms. The summed E-state index contributed by atoms with van der Waals surface area (Å²) in [6, 6.07) is 2.07. The Hall–Kier alpha value is -2.34. The van der Waals surface area contributed by atoms with E-state index in [-0.39, 0.29) is 12.7 Å². The Morgan fingerprint density at radius 1 is 1.18 bits per heavy atom. The largest absolute Gasteiger partial charge is 0.473 e. The van der Waals surface area contributed by atoms with E-state index < -0.39 is 0 Å². The van der Waals surface area contributed by atoms with E-state index in [1.165, 1.54) is 0 Å². The molecule has 2 unspecified atom stereocenters. The zero-order valence-corrected chi connectivity index (χ0v) is 26.2. The molecule has 12 heteroatoms. The molecule has 10 nitrogen and oxygen atoms in total. The van der Waals surface area contributed by atoms with Gasteiger partial charge in [-0.25, -0.2) is 9.13 Å². The van der Waals surface area contributed by atoms with Crippen molar-refractivity contribution < 1.29 is 9.84 Å². The molecular formula is C26H36IN8O2P. The summed E-state index contributed by atoms with van der Waals surface area (Å²) in [7, 11) is 3.97. The summed E-state index contributed by atoms with van der Waals surface area (Å²) in [5.74, 6) is 0.690. The highest BCUT2D eigenvalue weighted by atomic mass is 127. The molecule has 0 fully saturated rings. The Balaban J connectivity index is 1.60. The summed E-state index contributed by atoms with van der Waals surface area (Å²) >= 11 is 2.33. The van der Waals surface area contributed by atoms with Crippen LogP contribution in [0, 0.1) is 27.7 Å². The fraction of sp³-hybridized carbons (Fsp3) is 0.462. The summed E-state index contributed by atoms with van der Waals surface area (Å²) in [5.41, 5.74) is 8.61. The standard InChI is InChI=1S/C26H36IN8O2P/c1-9-21-20-12-22(28-19(6)25(20)35(31-21)38-27)24-18(5)29-33(8)26(24)37-15(2)13-32(7)14-23-16(3)17(4)30-34(23)10-11-36/h9,12,15,36,38H,1,10-11,13-14H2,2-8H3. The van der Waals surface area contributed by atoms with E-state index in [9.17, 15) is 5.11 Å². The lowest BCUT2D eigenvalue weighted by Gasteiger charge is -2.23. The fourth-order valence-corrected chi connectivity index (χ4v) is 6.49. The van der Waals surface area contributed by atoms with Crippen LogP contribution >= 0.6 is 28.4 Å². The molecule has 2 atom stereocenters. The molecule has 0 amide bonds. The normalized spacial score (nSPS) is 12.9. The van der Waals surface area contributed by atoms with Crippen LogP contribution in [0.25, 0.3) is 28.2 Å². The van der Waals surface area contributed by atoms with Crippen LogP contribution in [-0.4, -0.2) is 70.4 Å². The molecule has 0 spiro atoms. The molecule has 204 valence electrons. The molecule has 0 saturated carbocycles. The maximum atomic E-state index is 9.44. The van der Waals surface area contributed by atoms with Crippen LogP contribution < -0.4 is 4.74 Å². The van der Waals surface area contributed by atoms with Crippen LogP contribution in [-0.2, 0) is 20.1 Å². The molecule has 0 aromatic carbocycles. The van der Waals surface area contributed by atoms with E-state index in [0.29, 0.717) is 31.9 Å². The number of halogens is 1. The summed E-state index contributed by atoms with van der Waals surface area (Å²) in [5, 5.41) is 24.4. The van der Waals surface area contributed by atoms with E-state index in [1.807, 2.05) is 37.0 Å². The Bertz CT molecular complexity index is 1470. The van der Waals surface area contributed by atoms with E-state index in [0.717, 1.165) is 56.2 Å². The lowest BCUT2D eigenvalue weighted by molar-refractivity contribution is 0.146. The highest BCUT2D eigenvalue weighted by molar-refractivity contribution is 14.2. The topological polar surface area (TPSA) is 99.1 Å². The molecule has 0 radical (unpaired) electrons. The number of aliphatic hydroxyl groups excluding tert-OH is 1. The third-order valence-electron chi connectivity index (χ3n) is 6.73. The van der Waals surface area contributed by atoms with Crippen LogP contribution in [0.15, 0.2) is 12.6 Å². The number of likely N-dealkylation sites (N-methyl/N-ethyl adjacent to an activating group) is 1. The van der Waals surface area contributed by atoms with Crippen molar-refractivity contribution >= 4 is 45.4 Å². The van der Waals surface area contributed by atoms with Gasteiger partial charge in [-0.2, -0.15) is 15.3 Å².